The molecule has 0 radical (unpaired) electrons. The molecular formula is C18H20N8. The average Bonchev–Trinajstić information content (AvgIpc) is 3.28. The Bertz CT molecular complexity index is 1100. The lowest BCUT2D eigenvalue weighted by molar-refractivity contribution is 0.493. The van der Waals surface area contributed by atoms with E-state index in [2.05, 4.69) is 54.9 Å². The second-order valence-electron chi connectivity index (χ2n) is 6.88. The summed E-state index contributed by atoms with van der Waals surface area (Å²) < 4.78 is 0. The zero-order chi connectivity index (χ0) is 17.7. The van der Waals surface area contributed by atoms with Gasteiger partial charge in [-0.3, -0.25) is 0 Å². The van der Waals surface area contributed by atoms with Crippen molar-refractivity contribution >= 4 is 34.0 Å². The number of imidazole rings is 2. The second-order valence-corrected chi connectivity index (χ2v) is 6.88. The molecule has 132 valence electrons. The summed E-state index contributed by atoms with van der Waals surface area (Å²) in [6, 6.07) is 6.24. The maximum atomic E-state index is 5.88. The van der Waals surface area contributed by atoms with Gasteiger partial charge in [-0.05, 0) is 31.4 Å². The first-order valence-corrected chi connectivity index (χ1v) is 8.86. The summed E-state index contributed by atoms with van der Waals surface area (Å²) >= 11 is 0. The van der Waals surface area contributed by atoms with Crippen molar-refractivity contribution in [1.29, 1.82) is 0 Å². The molecule has 1 saturated heterocycles. The lowest BCUT2D eigenvalue weighted by atomic mass is 9.97. The number of piperidine rings is 1. The van der Waals surface area contributed by atoms with E-state index in [0.717, 1.165) is 54.1 Å². The summed E-state index contributed by atoms with van der Waals surface area (Å²) in [6.45, 7) is 3.86. The number of hydrogen-bond acceptors (Lipinski definition) is 6. The highest BCUT2D eigenvalue weighted by atomic mass is 15.2. The Morgan fingerprint density at radius 1 is 1.23 bits per heavy atom. The Kier molecular flexibility index (Phi) is 3.31. The lowest BCUT2D eigenvalue weighted by Crippen LogP contribution is -2.35. The number of para-hydroxylation sites is 1. The molecule has 1 aliphatic rings. The first-order chi connectivity index (χ1) is 12.7. The molecule has 1 aliphatic heterocycles. The Morgan fingerprint density at radius 3 is 3.04 bits per heavy atom. The fraction of sp³-hybridized carbons (Fsp3) is 0.333. The van der Waals surface area contributed by atoms with Gasteiger partial charge in [-0.25, -0.2) is 9.97 Å². The summed E-state index contributed by atoms with van der Waals surface area (Å²) in [4.78, 5) is 26.7. The van der Waals surface area contributed by atoms with Crippen LogP contribution in [-0.4, -0.2) is 43.0 Å². The number of nitrogen functional groups attached to an aromatic ring is 1. The van der Waals surface area contributed by atoms with Crippen LogP contribution in [0.3, 0.4) is 0 Å². The number of H-pyrrole nitrogens is 2. The van der Waals surface area contributed by atoms with Crippen molar-refractivity contribution in [2.24, 2.45) is 0 Å². The van der Waals surface area contributed by atoms with Crippen LogP contribution >= 0.6 is 0 Å². The van der Waals surface area contributed by atoms with E-state index in [1.54, 1.807) is 6.33 Å². The highest BCUT2D eigenvalue weighted by Gasteiger charge is 2.27. The van der Waals surface area contributed by atoms with Crippen molar-refractivity contribution in [1.82, 2.24) is 29.9 Å². The molecule has 1 unspecified atom stereocenters. The number of nitrogens with zero attached hydrogens (tertiary/aromatic N) is 5. The number of benzene rings is 1. The average molecular weight is 348 g/mol. The minimum atomic E-state index is 0.251. The quantitative estimate of drug-likeness (QED) is 0.513. The van der Waals surface area contributed by atoms with Gasteiger partial charge >= 0.3 is 0 Å². The number of aromatic amines is 2. The predicted molar refractivity (Wildman–Crippen MR) is 101 cm³/mol. The van der Waals surface area contributed by atoms with Gasteiger partial charge in [0.2, 0.25) is 5.95 Å². The van der Waals surface area contributed by atoms with E-state index >= 15 is 0 Å². The van der Waals surface area contributed by atoms with Gasteiger partial charge < -0.3 is 20.6 Å². The molecule has 0 bridgehead atoms. The van der Waals surface area contributed by atoms with Crippen LogP contribution in [0.4, 0.5) is 11.8 Å². The van der Waals surface area contributed by atoms with Crippen LogP contribution in [-0.2, 0) is 0 Å². The SMILES string of the molecule is Cc1cccc2[nH]c(C3CCCN(c4nc(N)nc5nc[nH]c45)C3)nc12. The highest BCUT2D eigenvalue weighted by molar-refractivity contribution is 5.84. The molecular weight excluding hydrogens is 328 g/mol. The number of fused-ring (bicyclic) bond motifs is 2. The Morgan fingerprint density at radius 2 is 2.15 bits per heavy atom. The molecule has 0 amide bonds. The van der Waals surface area contributed by atoms with Gasteiger partial charge in [0.05, 0.1) is 17.4 Å². The maximum absolute atomic E-state index is 5.88. The van der Waals surface area contributed by atoms with Crippen molar-refractivity contribution in [3.05, 3.63) is 35.9 Å². The van der Waals surface area contributed by atoms with Crippen LogP contribution < -0.4 is 10.6 Å². The van der Waals surface area contributed by atoms with E-state index in [1.165, 1.54) is 5.56 Å². The van der Waals surface area contributed by atoms with Crippen LogP contribution in [0.2, 0.25) is 0 Å². The molecule has 0 saturated carbocycles. The Labute approximate surface area is 149 Å². The third-order valence-electron chi connectivity index (χ3n) is 5.12. The molecule has 5 rings (SSSR count). The van der Waals surface area contributed by atoms with Gasteiger partial charge in [0.15, 0.2) is 11.5 Å². The number of rotatable bonds is 2. The zero-order valence-corrected chi connectivity index (χ0v) is 14.5. The lowest BCUT2D eigenvalue weighted by Gasteiger charge is -2.32. The van der Waals surface area contributed by atoms with Crippen molar-refractivity contribution < 1.29 is 0 Å². The molecule has 8 nitrogen and oxygen atoms in total. The predicted octanol–water partition coefficient (Wildman–Crippen LogP) is 2.50. The van der Waals surface area contributed by atoms with Gasteiger partial charge in [0.1, 0.15) is 11.3 Å². The molecule has 0 aliphatic carbocycles. The normalized spacial score (nSPS) is 18.0. The molecule has 26 heavy (non-hydrogen) atoms. The fourth-order valence-corrected chi connectivity index (χ4v) is 3.84. The van der Waals surface area contributed by atoms with Crippen LogP contribution in [0.15, 0.2) is 24.5 Å². The van der Waals surface area contributed by atoms with E-state index in [0.29, 0.717) is 11.6 Å². The van der Waals surface area contributed by atoms with Crippen LogP contribution in [0.1, 0.15) is 30.1 Å². The molecule has 1 atom stereocenters. The summed E-state index contributed by atoms with van der Waals surface area (Å²) in [5.74, 6) is 2.44. The van der Waals surface area contributed by atoms with E-state index in [4.69, 9.17) is 10.7 Å². The van der Waals surface area contributed by atoms with Gasteiger partial charge in [-0.2, -0.15) is 9.97 Å². The molecule has 4 heterocycles. The summed E-state index contributed by atoms with van der Waals surface area (Å²) in [7, 11) is 0. The van der Waals surface area contributed by atoms with Gasteiger partial charge in [0, 0.05) is 19.0 Å². The van der Waals surface area contributed by atoms with Crippen molar-refractivity contribution in [2.75, 3.05) is 23.7 Å². The third-order valence-corrected chi connectivity index (χ3v) is 5.12. The second kappa shape index (κ2) is 5.69. The Hall–Kier alpha value is -3.16. The molecule has 8 heteroatoms. The van der Waals surface area contributed by atoms with Crippen LogP contribution in [0.5, 0.6) is 0 Å². The zero-order valence-electron chi connectivity index (χ0n) is 14.5. The Balaban J connectivity index is 1.51. The minimum Gasteiger partial charge on any atom is -0.368 e. The van der Waals surface area contributed by atoms with Gasteiger partial charge in [-0.15, -0.1) is 0 Å². The molecule has 3 aromatic heterocycles. The van der Waals surface area contributed by atoms with Crippen LogP contribution in [0, 0.1) is 6.92 Å². The highest BCUT2D eigenvalue weighted by Crippen LogP contribution is 2.31. The van der Waals surface area contributed by atoms with E-state index < -0.39 is 0 Å². The third kappa shape index (κ3) is 2.37. The maximum Gasteiger partial charge on any atom is 0.224 e. The van der Waals surface area contributed by atoms with E-state index in [1.807, 2.05) is 0 Å². The minimum absolute atomic E-state index is 0.251. The largest absolute Gasteiger partial charge is 0.368 e. The van der Waals surface area contributed by atoms with Crippen molar-refractivity contribution in [3.8, 4) is 0 Å². The number of anilines is 2. The fourth-order valence-electron chi connectivity index (χ4n) is 3.84. The molecule has 4 N–H and O–H groups in total. The van der Waals surface area contributed by atoms with Crippen molar-refractivity contribution in [3.63, 3.8) is 0 Å². The first-order valence-electron chi connectivity index (χ1n) is 8.86. The standard InChI is InChI=1S/C18H20N8/c1-10-4-2-6-12-13(10)23-15(22-12)11-5-3-7-26(8-11)17-14-16(21-9-20-14)24-18(19)25-17/h2,4,6,9,11H,3,5,7-8H2,1H3,(H,22,23)(H3,19,20,21,24,25). The number of aromatic nitrogens is 6. The number of hydrogen-bond donors (Lipinski definition) is 3. The number of nitrogens with two attached hydrogens (primary N) is 1. The van der Waals surface area contributed by atoms with E-state index in [9.17, 15) is 0 Å². The van der Waals surface area contributed by atoms with Gasteiger partial charge in [0.25, 0.3) is 0 Å². The molecule has 0 spiro atoms. The number of aryl methyl sites for hydroxylation is 1. The van der Waals surface area contributed by atoms with Crippen molar-refractivity contribution in [2.45, 2.75) is 25.7 Å². The molecule has 1 fully saturated rings. The summed E-state index contributed by atoms with van der Waals surface area (Å²) in [5, 5.41) is 0. The molecule has 1 aromatic carbocycles. The molecule has 4 aromatic rings. The summed E-state index contributed by atoms with van der Waals surface area (Å²) in [6.07, 6.45) is 3.80. The monoisotopic (exact) mass is 348 g/mol. The topological polar surface area (TPSA) is 112 Å². The smallest absolute Gasteiger partial charge is 0.224 e. The van der Waals surface area contributed by atoms with E-state index in [-0.39, 0.29) is 5.95 Å². The van der Waals surface area contributed by atoms with Crippen LogP contribution in [0.25, 0.3) is 22.2 Å². The van der Waals surface area contributed by atoms with Gasteiger partial charge in [-0.1, -0.05) is 12.1 Å². The first kappa shape index (κ1) is 15.1. The number of nitrogens with one attached hydrogen (secondary N) is 2. The summed E-state index contributed by atoms with van der Waals surface area (Å²) in [5.41, 5.74) is 10.7.